The van der Waals surface area contributed by atoms with E-state index >= 15 is 0 Å². The van der Waals surface area contributed by atoms with Gasteiger partial charge in [0.15, 0.2) is 5.82 Å². The Morgan fingerprint density at radius 2 is 2.13 bits per heavy atom. The fourth-order valence-electron chi connectivity index (χ4n) is 2.66. The third-order valence-corrected chi connectivity index (χ3v) is 4.06. The second kappa shape index (κ2) is 6.94. The highest BCUT2D eigenvalue weighted by Gasteiger charge is 2.19. The molecule has 0 spiro atoms. The minimum absolute atomic E-state index is 0.382. The Bertz CT molecular complexity index is 725. The number of nitrogens with zero attached hydrogens (tertiary/aromatic N) is 6. The van der Waals surface area contributed by atoms with Crippen molar-refractivity contribution < 1.29 is 4.52 Å². The number of hydrogen-bond donors (Lipinski definition) is 0. The highest BCUT2D eigenvalue weighted by atomic mass is 35.5. The molecule has 0 saturated carbocycles. The van der Waals surface area contributed by atoms with Gasteiger partial charge in [-0.2, -0.15) is 10.2 Å². The Morgan fingerprint density at radius 3 is 2.87 bits per heavy atom. The number of nitriles is 1. The van der Waals surface area contributed by atoms with E-state index in [9.17, 15) is 0 Å². The van der Waals surface area contributed by atoms with E-state index in [4.69, 9.17) is 21.4 Å². The molecule has 2 aromatic heterocycles. The molecule has 0 bridgehead atoms. The maximum Gasteiger partial charge on any atom is 0.223 e. The van der Waals surface area contributed by atoms with E-state index in [0.717, 1.165) is 32.6 Å². The average Bonchev–Trinajstić information content (AvgIpc) is 2.82. The molecular formula is C15H17ClN6O. The van der Waals surface area contributed by atoms with Gasteiger partial charge in [-0.1, -0.05) is 16.8 Å². The summed E-state index contributed by atoms with van der Waals surface area (Å²) >= 11 is 6.25. The van der Waals surface area contributed by atoms with Crippen molar-refractivity contribution in [2.24, 2.45) is 0 Å². The minimum Gasteiger partial charge on any atom is -0.354 e. The zero-order chi connectivity index (χ0) is 16.2. The molecule has 7 nitrogen and oxygen atoms in total. The van der Waals surface area contributed by atoms with Gasteiger partial charge < -0.3 is 9.42 Å². The van der Waals surface area contributed by atoms with Gasteiger partial charge in [0, 0.05) is 33.1 Å². The molecule has 23 heavy (non-hydrogen) atoms. The van der Waals surface area contributed by atoms with E-state index < -0.39 is 0 Å². The summed E-state index contributed by atoms with van der Waals surface area (Å²) < 4.78 is 5.01. The molecule has 0 unspecified atom stereocenters. The largest absolute Gasteiger partial charge is 0.354 e. The molecule has 3 heterocycles. The van der Waals surface area contributed by atoms with Crippen LogP contribution in [-0.2, 0) is 6.54 Å². The smallest absolute Gasteiger partial charge is 0.223 e. The van der Waals surface area contributed by atoms with Crippen LogP contribution in [0.5, 0.6) is 0 Å². The summed E-state index contributed by atoms with van der Waals surface area (Å²) in [6.45, 7) is 5.89. The van der Waals surface area contributed by atoms with Crippen molar-refractivity contribution in [3.05, 3.63) is 34.6 Å². The molecule has 1 saturated heterocycles. The first kappa shape index (κ1) is 15.7. The fourth-order valence-corrected chi connectivity index (χ4v) is 2.89. The summed E-state index contributed by atoms with van der Waals surface area (Å²) in [4.78, 5) is 13.0. The molecule has 1 aliphatic heterocycles. The van der Waals surface area contributed by atoms with Crippen molar-refractivity contribution in [1.29, 1.82) is 5.26 Å². The van der Waals surface area contributed by atoms with Crippen molar-refractivity contribution in [3.8, 4) is 6.07 Å². The second-order valence-electron chi connectivity index (χ2n) is 5.46. The summed E-state index contributed by atoms with van der Waals surface area (Å²) in [6.07, 6.45) is 0.978. The van der Waals surface area contributed by atoms with Crippen LogP contribution < -0.4 is 4.90 Å². The Balaban J connectivity index is 1.68. The zero-order valence-electron chi connectivity index (χ0n) is 12.9. The topological polar surface area (TPSA) is 82.1 Å². The molecule has 0 radical (unpaired) electrons. The Morgan fingerprint density at radius 1 is 1.26 bits per heavy atom. The lowest BCUT2D eigenvalue weighted by Crippen LogP contribution is -2.31. The van der Waals surface area contributed by atoms with E-state index in [1.807, 2.05) is 0 Å². The van der Waals surface area contributed by atoms with Gasteiger partial charge in [-0.3, -0.25) is 4.90 Å². The van der Waals surface area contributed by atoms with Crippen LogP contribution in [0.15, 0.2) is 16.7 Å². The Labute approximate surface area is 139 Å². The van der Waals surface area contributed by atoms with Gasteiger partial charge in [-0.15, -0.1) is 0 Å². The van der Waals surface area contributed by atoms with Crippen LogP contribution in [0.2, 0.25) is 5.02 Å². The van der Waals surface area contributed by atoms with Gasteiger partial charge >= 0.3 is 0 Å². The van der Waals surface area contributed by atoms with Crippen molar-refractivity contribution >= 4 is 17.4 Å². The Hall–Kier alpha value is -2.17. The van der Waals surface area contributed by atoms with Crippen LogP contribution in [-0.4, -0.2) is 46.2 Å². The van der Waals surface area contributed by atoms with Crippen LogP contribution >= 0.6 is 11.6 Å². The first-order valence-electron chi connectivity index (χ1n) is 7.49. The molecule has 0 N–H and O–H groups in total. The molecule has 3 rings (SSSR count). The lowest BCUT2D eigenvalue weighted by atomic mass is 10.3. The molecule has 0 aliphatic carbocycles. The predicted molar refractivity (Wildman–Crippen MR) is 85.1 cm³/mol. The van der Waals surface area contributed by atoms with Gasteiger partial charge in [0.1, 0.15) is 17.6 Å². The molecule has 1 aliphatic rings. The number of anilines is 1. The SMILES string of the molecule is Cc1nc(CN2CCCN(c3nc(C#N)ccc3Cl)CC2)no1. The first-order valence-corrected chi connectivity index (χ1v) is 7.86. The van der Waals surface area contributed by atoms with Crippen molar-refractivity contribution in [2.75, 3.05) is 31.1 Å². The monoisotopic (exact) mass is 332 g/mol. The Kier molecular flexibility index (Phi) is 4.74. The third kappa shape index (κ3) is 3.78. The lowest BCUT2D eigenvalue weighted by Gasteiger charge is -2.23. The number of pyridine rings is 1. The zero-order valence-corrected chi connectivity index (χ0v) is 13.6. The maximum absolute atomic E-state index is 9.01. The van der Waals surface area contributed by atoms with Crippen LogP contribution in [0.4, 0.5) is 5.82 Å². The number of aromatic nitrogens is 3. The molecule has 1 fully saturated rings. The standard InChI is InChI=1S/C15H17ClN6O/c1-11-18-14(20-23-11)10-21-5-2-6-22(8-7-21)15-13(16)4-3-12(9-17)19-15/h3-4H,2,5-8,10H2,1H3. The number of hydrogen-bond acceptors (Lipinski definition) is 7. The van der Waals surface area contributed by atoms with E-state index in [1.165, 1.54) is 0 Å². The van der Waals surface area contributed by atoms with Crippen LogP contribution in [0.25, 0.3) is 0 Å². The van der Waals surface area contributed by atoms with Gasteiger partial charge in [0.05, 0.1) is 11.6 Å². The molecular weight excluding hydrogens is 316 g/mol. The highest BCUT2D eigenvalue weighted by Crippen LogP contribution is 2.24. The normalized spacial score (nSPS) is 16.1. The summed E-state index contributed by atoms with van der Waals surface area (Å²) in [6, 6.07) is 5.42. The molecule has 0 aromatic carbocycles. The maximum atomic E-state index is 9.01. The lowest BCUT2D eigenvalue weighted by molar-refractivity contribution is 0.272. The predicted octanol–water partition coefficient (Wildman–Crippen LogP) is 2.01. The van der Waals surface area contributed by atoms with Crippen molar-refractivity contribution in [3.63, 3.8) is 0 Å². The fraction of sp³-hybridized carbons (Fsp3) is 0.467. The molecule has 120 valence electrons. The average molecular weight is 333 g/mol. The number of aryl methyl sites for hydroxylation is 1. The van der Waals surface area contributed by atoms with E-state index in [1.54, 1.807) is 19.1 Å². The van der Waals surface area contributed by atoms with Gasteiger partial charge in [0.2, 0.25) is 5.89 Å². The van der Waals surface area contributed by atoms with E-state index in [-0.39, 0.29) is 0 Å². The number of halogens is 1. The van der Waals surface area contributed by atoms with Gasteiger partial charge in [-0.25, -0.2) is 4.98 Å². The summed E-state index contributed by atoms with van der Waals surface area (Å²) in [5.41, 5.74) is 0.382. The second-order valence-corrected chi connectivity index (χ2v) is 5.87. The van der Waals surface area contributed by atoms with Crippen molar-refractivity contribution in [1.82, 2.24) is 20.0 Å². The molecule has 2 aromatic rings. The van der Waals surface area contributed by atoms with Crippen LogP contribution in [0, 0.1) is 18.3 Å². The molecule has 0 amide bonds. The third-order valence-electron chi connectivity index (χ3n) is 3.76. The van der Waals surface area contributed by atoms with Gasteiger partial charge in [-0.05, 0) is 18.6 Å². The number of rotatable bonds is 3. The first-order chi connectivity index (χ1) is 11.2. The molecule has 0 atom stereocenters. The quantitative estimate of drug-likeness (QED) is 0.850. The van der Waals surface area contributed by atoms with Crippen molar-refractivity contribution in [2.45, 2.75) is 19.9 Å². The minimum atomic E-state index is 0.382. The summed E-state index contributed by atoms with van der Waals surface area (Å²) in [5.74, 6) is 1.97. The van der Waals surface area contributed by atoms with Crippen LogP contribution in [0.1, 0.15) is 23.8 Å². The highest BCUT2D eigenvalue weighted by molar-refractivity contribution is 6.32. The molecule has 8 heteroatoms. The van der Waals surface area contributed by atoms with Crippen LogP contribution in [0.3, 0.4) is 0 Å². The van der Waals surface area contributed by atoms with E-state index in [0.29, 0.717) is 34.8 Å². The van der Waals surface area contributed by atoms with Gasteiger partial charge in [0.25, 0.3) is 0 Å². The summed E-state index contributed by atoms with van der Waals surface area (Å²) in [5, 5.41) is 13.5. The van der Waals surface area contributed by atoms with E-state index in [2.05, 4.69) is 31.0 Å². The summed E-state index contributed by atoms with van der Waals surface area (Å²) in [7, 11) is 0.